The van der Waals surface area contributed by atoms with Gasteiger partial charge in [0.15, 0.2) is 0 Å². The van der Waals surface area contributed by atoms with E-state index >= 15 is 0 Å². The van der Waals surface area contributed by atoms with E-state index in [2.05, 4.69) is 43.9 Å². The van der Waals surface area contributed by atoms with Crippen molar-refractivity contribution in [1.82, 2.24) is 0 Å². The van der Waals surface area contributed by atoms with Gasteiger partial charge in [0.1, 0.15) is 11.3 Å². The molecule has 0 saturated carbocycles. The van der Waals surface area contributed by atoms with E-state index in [0.29, 0.717) is 17.1 Å². The van der Waals surface area contributed by atoms with Gasteiger partial charge in [-0.25, -0.2) is 4.79 Å². The topological polar surface area (TPSA) is 99.2 Å². The zero-order valence-electron chi connectivity index (χ0n) is 18.3. The number of phenolic OH excluding ortho intramolecular Hbond substituents is 1. The Morgan fingerprint density at radius 1 is 0.781 bits per heavy atom. The lowest BCUT2D eigenvalue weighted by Crippen LogP contribution is -2.21. The van der Waals surface area contributed by atoms with Gasteiger partial charge in [0.25, 0.3) is 0 Å². The van der Waals surface area contributed by atoms with Gasteiger partial charge in [-0.3, -0.25) is 0 Å². The number of benzene rings is 3. The average Bonchev–Trinajstić information content (AvgIpc) is 2.83. The van der Waals surface area contributed by atoms with Crippen LogP contribution in [0, 0.1) is 0 Å². The number of phenols is 1. The van der Waals surface area contributed by atoms with Gasteiger partial charge < -0.3 is 14.7 Å². The third-order valence-corrected chi connectivity index (χ3v) is 4.78. The highest BCUT2D eigenvalue weighted by molar-refractivity contribution is 5.92. The summed E-state index contributed by atoms with van der Waals surface area (Å²) >= 11 is 0. The van der Waals surface area contributed by atoms with E-state index in [1.807, 2.05) is 24.3 Å². The number of azo groups is 2. The first-order valence-electron chi connectivity index (χ1n) is 10.2. The first-order chi connectivity index (χ1) is 15.5. The molecule has 0 atom stereocenters. The zero-order chi connectivity index (χ0) is 22.9. The summed E-state index contributed by atoms with van der Waals surface area (Å²) in [6, 6.07) is 19.5. The summed E-state index contributed by atoms with van der Waals surface area (Å²) in [6.07, 6.45) is 0. The Morgan fingerprint density at radius 3 is 1.66 bits per heavy atom. The van der Waals surface area contributed by atoms with Crippen LogP contribution < -0.4 is 4.90 Å². The second-order valence-electron chi connectivity index (χ2n) is 6.80. The van der Waals surface area contributed by atoms with E-state index in [0.717, 1.165) is 24.5 Å². The zero-order valence-corrected chi connectivity index (χ0v) is 18.3. The molecule has 0 amide bonds. The van der Waals surface area contributed by atoms with Crippen LogP contribution in [0.5, 0.6) is 5.75 Å². The second kappa shape index (κ2) is 10.8. The van der Waals surface area contributed by atoms with Gasteiger partial charge in [0, 0.05) is 24.8 Å². The van der Waals surface area contributed by atoms with Crippen LogP contribution in [0.25, 0.3) is 0 Å². The molecule has 0 radical (unpaired) electrons. The molecule has 3 aromatic carbocycles. The third-order valence-electron chi connectivity index (χ3n) is 4.78. The molecule has 0 aliphatic heterocycles. The van der Waals surface area contributed by atoms with Crippen molar-refractivity contribution in [1.29, 1.82) is 0 Å². The number of hydrogen-bond acceptors (Lipinski definition) is 8. The molecule has 0 spiro atoms. The minimum atomic E-state index is -0.615. The number of nitrogens with zero attached hydrogens (tertiary/aromatic N) is 5. The minimum absolute atomic E-state index is 0.0730. The number of ether oxygens (including phenoxy) is 1. The molecule has 164 valence electrons. The average molecular weight is 431 g/mol. The molecule has 32 heavy (non-hydrogen) atoms. The Bertz CT molecular complexity index is 1110. The van der Waals surface area contributed by atoms with Crippen molar-refractivity contribution < 1.29 is 14.6 Å². The van der Waals surface area contributed by atoms with Crippen molar-refractivity contribution in [3.8, 4) is 5.75 Å². The molecule has 8 heteroatoms. The van der Waals surface area contributed by atoms with Crippen LogP contribution in [0.15, 0.2) is 87.2 Å². The van der Waals surface area contributed by atoms with Gasteiger partial charge >= 0.3 is 5.97 Å². The van der Waals surface area contributed by atoms with Crippen LogP contribution in [0.4, 0.5) is 28.4 Å². The number of carbonyl (C=O) groups excluding carboxylic acids is 1. The van der Waals surface area contributed by atoms with Crippen molar-refractivity contribution in [3.05, 3.63) is 72.3 Å². The van der Waals surface area contributed by atoms with Crippen LogP contribution in [0.2, 0.25) is 0 Å². The summed E-state index contributed by atoms with van der Waals surface area (Å²) in [5.41, 5.74) is 3.73. The molecular weight excluding hydrogens is 406 g/mol. The summed E-state index contributed by atoms with van der Waals surface area (Å²) in [4.78, 5) is 13.8. The second-order valence-corrected chi connectivity index (χ2v) is 6.80. The molecule has 0 unspecified atom stereocenters. The van der Waals surface area contributed by atoms with E-state index < -0.39 is 5.97 Å². The van der Waals surface area contributed by atoms with E-state index in [-0.39, 0.29) is 11.3 Å². The maximum atomic E-state index is 11.5. The van der Waals surface area contributed by atoms with E-state index in [1.165, 1.54) is 19.2 Å². The lowest BCUT2D eigenvalue weighted by Gasteiger charge is -2.20. The normalized spacial score (nSPS) is 11.2. The predicted octanol–water partition coefficient (Wildman–Crippen LogP) is 6.86. The van der Waals surface area contributed by atoms with E-state index in [9.17, 15) is 9.90 Å². The van der Waals surface area contributed by atoms with Crippen molar-refractivity contribution in [3.63, 3.8) is 0 Å². The lowest BCUT2D eigenvalue weighted by atomic mass is 10.2. The Kier molecular flexibility index (Phi) is 7.64. The fraction of sp³-hybridized carbons (Fsp3) is 0.208. The molecule has 3 aromatic rings. The maximum absolute atomic E-state index is 11.5. The van der Waals surface area contributed by atoms with Gasteiger partial charge in [0.2, 0.25) is 0 Å². The molecule has 0 aromatic heterocycles. The van der Waals surface area contributed by atoms with Crippen LogP contribution in [0.3, 0.4) is 0 Å². The lowest BCUT2D eigenvalue weighted by molar-refractivity contribution is 0.0597. The van der Waals surface area contributed by atoms with Gasteiger partial charge in [-0.2, -0.15) is 20.5 Å². The summed E-state index contributed by atoms with van der Waals surface area (Å²) < 4.78 is 4.60. The highest BCUT2D eigenvalue weighted by Gasteiger charge is 2.11. The predicted molar refractivity (Wildman–Crippen MR) is 124 cm³/mol. The standard InChI is InChI=1S/C24H25N5O3/c1-4-29(5-2)21-13-10-19(11-14-21)26-25-17-6-8-18(9-7-17)27-28-20-12-15-22(23(30)16-20)24(31)32-3/h6-16,30H,4-5H2,1-3H3/b26-25+,28-27+. The number of carbonyl (C=O) groups is 1. The van der Waals surface area contributed by atoms with Gasteiger partial charge in [-0.1, -0.05) is 0 Å². The first-order valence-corrected chi connectivity index (χ1v) is 10.2. The third kappa shape index (κ3) is 5.75. The maximum Gasteiger partial charge on any atom is 0.341 e. The van der Waals surface area contributed by atoms with Crippen LogP contribution >= 0.6 is 0 Å². The van der Waals surface area contributed by atoms with Gasteiger partial charge in [-0.15, -0.1) is 0 Å². The molecule has 0 heterocycles. The highest BCUT2D eigenvalue weighted by atomic mass is 16.5. The highest BCUT2D eigenvalue weighted by Crippen LogP contribution is 2.27. The van der Waals surface area contributed by atoms with E-state index in [4.69, 9.17) is 0 Å². The van der Waals surface area contributed by atoms with Crippen molar-refractivity contribution >= 4 is 34.4 Å². The SMILES string of the molecule is CCN(CC)c1ccc(/N=N/c2ccc(/N=N/c3ccc(C(=O)OC)c(O)c3)cc2)cc1. The Labute approximate surface area is 186 Å². The fourth-order valence-electron chi connectivity index (χ4n) is 3.00. The van der Waals surface area contributed by atoms with Crippen molar-refractivity contribution in [2.75, 3.05) is 25.1 Å². The summed E-state index contributed by atoms with van der Waals surface area (Å²) in [7, 11) is 1.25. The Morgan fingerprint density at radius 2 is 1.22 bits per heavy atom. The molecule has 1 N–H and O–H groups in total. The van der Waals surface area contributed by atoms with Gasteiger partial charge in [0.05, 0.1) is 29.9 Å². The minimum Gasteiger partial charge on any atom is -0.507 e. The number of methoxy groups -OCH3 is 1. The number of esters is 1. The van der Waals surface area contributed by atoms with Gasteiger partial charge in [-0.05, 0) is 74.5 Å². The molecule has 0 aliphatic rings. The fourth-order valence-corrected chi connectivity index (χ4v) is 3.00. The Hall–Kier alpha value is -4.07. The summed E-state index contributed by atoms with van der Waals surface area (Å²) in [5, 5.41) is 26.7. The summed E-state index contributed by atoms with van der Waals surface area (Å²) in [5.74, 6) is -0.829. The largest absolute Gasteiger partial charge is 0.507 e. The smallest absolute Gasteiger partial charge is 0.341 e. The van der Waals surface area contributed by atoms with Crippen molar-refractivity contribution in [2.24, 2.45) is 20.5 Å². The van der Waals surface area contributed by atoms with Crippen LogP contribution in [-0.2, 0) is 4.74 Å². The Balaban J connectivity index is 1.64. The molecule has 0 saturated heterocycles. The number of hydrogen-bond donors (Lipinski definition) is 1. The summed E-state index contributed by atoms with van der Waals surface area (Å²) in [6.45, 7) is 6.18. The quantitative estimate of drug-likeness (QED) is 0.311. The van der Waals surface area contributed by atoms with E-state index in [1.54, 1.807) is 30.3 Å². The molecule has 3 rings (SSSR count). The van der Waals surface area contributed by atoms with Crippen molar-refractivity contribution in [2.45, 2.75) is 13.8 Å². The molecule has 8 nitrogen and oxygen atoms in total. The molecule has 0 bridgehead atoms. The molecule has 0 fully saturated rings. The van der Waals surface area contributed by atoms with Crippen LogP contribution in [0.1, 0.15) is 24.2 Å². The first kappa shape index (κ1) is 22.6. The molecule has 0 aliphatic carbocycles. The van der Waals surface area contributed by atoms with Crippen LogP contribution in [-0.4, -0.2) is 31.3 Å². The number of aromatic hydroxyl groups is 1. The molecular formula is C24H25N5O3. The number of rotatable bonds is 8. The number of anilines is 1. The monoisotopic (exact) mass is 431 g/mol.